The Hall–Kier alpha value is -2.04. The zero-order valence-electron chi connectivity index (χ0n) is 17.3. The number of carbonyl (C=O) groups excluding carboxylic acids is 1. The van der Waals surface area contributed by atoms with Crippen LogP contribution in [0.15, 0.2) is 41.5 Å². The molecule has 0 saturated heterocycles. The van der Waals surface area contributed by atoms with Crippen molar-refractivity contribution in [3.05, 3.63) is 63.1 Å². The smallest absolute Gasteiger partial charge is 0.243 e. The number of hydrogen-bond donors (Lipinski definition) is 0. The molecule has 1 amide bonds. The zero-order valence-corrected chi connectivity index (χ0v) is 18.8. The molecular formula is C23H26Cl2N2O2. The van der Waals surface area contributed by atoms with Gasteiger partial charge in [-0.05, 0) is 57.9 Å². The first-order valence-electron chi connectivity index (χ1n) is 9.73. The summed E-state index contributed by atoms with van der Waals surface area (Å²) in [4.78, 5) is 12.8. The van der Waals surface area contributed by atoms with Gasteiger partial charge in [-0.25, -0.2) is 5.01 Å². The van der Waals surface area contributed by atoms with Gasteiger partial charge in [0.15, 0.2) is 0 Å². The summed E-state index contributed by atoms with van der Waals surface area (Å²) in [7, 11) is 0. The summed E-state index contributed by atoms with van der Waals surface area (Å²) in [5.41, 5.74) is 4.10. The van der Waals surface area contributed by atoms with E-state index in [0.717, 1.165) is 17.7 Å². The van der Waals surface area contributed by atoms with Crippen LogP contribution < -0.4 is 4.74 Å². The number of carbonyl (C=O) groups is 1. The van der Waals surface area contributed by atoms with E-state index in [4.69, 9.17) is 27.9 Å². The largest absolute Gasteiger partial charge is 0.492 e. The Bertz CT molecular complexity index is 934. The van der Waals surface area contributed by atoms with Crippen LogP contribution >= 0.6 is 23.2 Å². The van der Waals surface area contributed by atoms with E-state index in [2.05, 4.69) is 37.1 Å². The third-order valence-electron chi connectivity index (χ3n) is 4.87. The lowest BCUT2D eigenvalue weighted by atomic mass is 9.93. The van der Waals surface area contributed by atoms with Crippen LogP contribution in [0.5, 0.6) is 5.75 Å². The van der Waals surface area contributed by atoms with Crippen LogP contribution in [0.2, 0.25) is 10.0 Å². The third kappa shape index (κ3) is 5.31. The molecule has 1 aliphatic heterocycles. The standard InChI is InChI=1S/C23H26Cl2N2O2/c1-15-10-16(2)12-17(11-15)20-14-23(3,4)27(26-20)22(28)6-5-9-29-21-8-7-18(24)13-19(21)25/h7-8,10-13H,5-6,9,14H2,1-4H3. The highest BCUT2D eigenvalue weighted by Crippen LogP contribution is 2.31. The Morgan fingerprint density at radius 1 is 1.14 bits per heavy atom. The average Bonchev–Trinajstić information content (AvgIpc) is 2.95. The Kier molecular flexibility index (Phi) is 6.55. The summed E-state index contributed by atoms with van der Waals surface area (Å²) in [5.74, 6) is 0.570. The van der Waals surface area contributed by atoms with Gasteiger partial charge in [-0.2, -0.15) is 5.10 Å². The Morgan fingerprint density at radius 2 is 1.83 bits per heavy atom. The predicted octanol–water partition coefficient (Wildman–Crippen LogP) is 6.18. The molecule has 1 heterocycles. The van der Waals surface area contributed by atoms with Crippen molar-refractivity contribution in [2.45, 2.75) is 52.5 Å². The Morgan fingerprint density at radius 3 is 2.48 bits per heavy atom. The molecule has 0 unspecified atom stereocenters. The predicted molar refractivity (Wildman–Crippen MR) is 119 cm³/mol. The monoisotopic (exact) mass is 432 g/mol. The number of hydrazone groups is 1. The van der Waals surface area contributed by atoms with Crippen molar-refractivity contribution in [2.75, 3.05) is 6.61 Å². The molecule has 0 aliphatic carbocycles. The summed E-state index contributed by atoms with van der Waals surface area (Å²) >= 11 is 12.0. The maximum atomic E-state index is 12.8. The molecule has 2 aromatic carbocycles. The number of benzene rings is 2. The fourth-order valence-corrected chi connectivity index (χ4v) is 4.04. The fraction of sp³-hybridized carbons (Fsp3) is 0.391. The first kappa shape index (κ1) is 21.7. The van der Waals surface area contributed by atoms with Crippen LogP contribution in [0.1, 0.15) is 49.8 Å². The summed E-state index contributed by atoms with van der Waals surface area (Å²) in [6.45, 7) is 8.65. The van der Waals surface area contributed by atoms with Gasteiger partial charge < -0.3 is 4.74 Å². The average molecular weight is 433 g/mol. The number of amides is 1. The van der Waals surface area contributed by atoms with Crippen molar-refractivity contribution in [2.24, 2.45) is 5.10 Å². The maximum absolute atomic E-state index is 12.8. The highest BCUT2D eigenvalue weighted by molar-refractivity contribution is 6.35. The lowest BCUT2D eigenvalue weighted by Gasteiger charge is -2.28. The molecule has 0 N–H and O–H groups in total. The molecule has 2 aromatic rings. The first-order chi connectivity index (χ1) is 13.7. The first-order valence-corrected chi connectivity index (χ1v) is 10.5. The quantitative estimate of drug-likeness (QED) is 0.510. The van der Waals surface area contributed by atoms with E-state index in [9.17, 15) is 4.79 Å². The summed E-state index contributed by atoms with van der Waals surface area (Å²) in [6, 6.07) is 11.5. The zero-order chi connectivity index (χ0) is 21.2. The molecular weight excluding hydrogens is 407 g/mol. The maximum Gasteiger partial charge on any atom is 0.243 e. The number of rotatable bonds is 6. The van der Waals surface area contributed by atoms with Crippen molar-refractivity contribution in [1.82, 2.24) is 5.01 Å². The van der Waals surface area contributed by atoms with Crippen molar-refractivity contribution in [1.29, 1.82) is 0 Å². The van der Waals surface area contributed by atoms with Crippen LogP contribution in [0.4, 0.5) is 0 Å². The number of hydrogen-bond acceptors (Lipinski definition) is 3. The van der Waals surface area contributed by atoms with Crippen LogP contribution in [-0.2, 0) is 4.79 Å². The second-order valence-electron chi connectivity index (χ2n) is 8.14. The lowest BCUT2D eigenvalue weighted by Crippen LogP contribution is -2.40. The van der Waals surface area contributed by atoms with Gasteiger partial charge >= 0.3 is 0 Å². The topological polar surface area (TPSA) is 41.9 Å². The van der Waals surface area contributed by atoms with E-state index in [1.807, 2.05) is 13.8 Å². The Balaban J connectivity index is 1.61. The number of aryl methyl sites for hydroxylation is 2. The van der Waals surface area contributed by atoms with Crippen molar-refractivity contribution in [3.8, 4) is 5.75 Å². The number of ether oxygens (including phenoxy) is 1. The van der Waals surface area contributed by atoms with E-state index in [0.29, 0.717) is 35.2 Å². The molecule has 0 bridgehead atoms. The molecule has 0 spiro atoms. The molecule has 154 valence electrons. The van der Waals surface area contributed by atoms with Crippen LogP contribution in [0.3, 0.4) is 0 Å². The van der Waals surface area contributed by atoms with E-state index < -0.39 is 0 Å². The van der Waals surface area contributed by atoms with E-state index in [-0.39, 0.29) is 11.4 Å². The molecule has 0 radical (unpaired) electrons. The second-order valence-corrected chi connectivity index (χ2v) is 8.99. The summed E-state index contributed by atoms with van der Waals surface area (Å²) in [5, 5.41) is 7.34. The third-order valence-corrected chi connectivity index (χ3v) is 5.40. The molecule has 0 saturated carbocycles. The van der Waals surface area contributed by atoms with Crippen LogP contribution in [-0.4, -0.2) is 28.8 Å². The molecule has 3 rings (SSSR count). The highest BCUT2D eigenvalue weighted by Gasteiger charge is 2.38. The van der Waals surface area contributed by atoms with Crippen molar-refractivity contribution in [3.63, 3.8) is 0 Å². The fourth-order valence-electron chi connectivity index (χ4n) is 3.57. The van der Waals surface area contributed by atoms with E-state index >= 15 is 0 Å². The van der Waals surface area contributed by atoms with Crippen molar-refractivity contribution < 1.29 is 9.53 Å². The van der Waals surface area contributed by atoms with Gasteiger partial charge in [-0.15, -0.1) is 0 Å². The minimum absolute atomic E-state index is 0.000165. The summed E-state index contributed by atoms with van der Waals surface area (Å²) < 4.78 is 5.68. The SMILES string of the molecule is Cc1cc(C)cc(C2=NN(C(=O)CCCOc3ccc(Cl)cc3Cl)C(C)(C)C2)c1. The number of halogens is 2. The molecule has 29 heavy (non-hydrogen) atoms. The van der Waals surface area contributed by atoms with Gasteiger partial charge in [0, 0.05) is 17.9 Å². The van der Waals surface area contributed by atoms with Gasteiger partial charge in [-0.3, -0.25) is 4.79 Å². The minimum Gasteiger partial charge on any atom is -0.492 e. The lowest BCUT2D eigenvalue weighted by molar-refractivity contribution is -0.135. The Labute approximate surface area is 182 Å². The van der Waals surface area contributed by atoms with E-state index in [1.54, 1.807) is 23.2 Å². The highest BCUT2D eigenvalue weighted by atomic mass is 35.5. The van der Waals surface area contributed by atoms with Crippen molar-refractivity contribution >= 4 is 34.8 Å². The molecule has 0 atom stereocenters. The van der Waals surface area contributed by atoms with Crippen LogP contribution in [0.25, 0.3) is 0 Å². The molecule has 6 heteroatoms. The molecule has 1 aliphatic rings. The number of nitrogens with zero attached hydrogens (tertiary/aromatic N) is 2. The van der Waals surface area contributed by atoms with Crippen LogP contribution in [0, 0.1) is 13.8 Å². The second kappa shape index (κ2) is 8.76. The van der Waals surface area contributed by atoms with Gasteiger partial charge in [0.2, 0.25) is 5.91 Å². The molecule has 4 nitrogen and oxygen atoms in total. The molecule has 0 aromatic heterocycles. The van der Waals surface area contributed by atoms with E-state index in [1.165, 1.54) is 11.1 Å². The van der Waals surface area contributed by atoms with Gasteiger partial charge in [-0.1, -0.05) is 52.5 Å². The normalized spacial score (nSPS) is 15.4. The van der Waals surface area contributed by atoms with Gasteiger partial charge in [0.05, 0.1) is 22.9 Å². The minimum atomic E-state index is -0.343. The van der Waals surface area contributed by atoms with Gasteiger partial charge in [0.25, 0.3) is 0 Å². The van der Waals surface area contributed by atoms with Gasteiger partial charge in [0.1, 0.15) is 5.75 Å². The molecule has 0 fully saturated rings. The summed E-state index contributed by atoms with van der Waals surface area (Å²) in [6.07, 6.45) is 1.68.